The maximum absolute atomic E-state index is 12.1. The van der Waals surface area contributed by atoms with Crippen LogP contribution in [-0.4, -0.2) is 34.7 Å². The number of aromatic nitrogens is 2. The summed E-state index contributed by atoms with van der Waals surface area (Å²) in [4.78, 5) is 23.5. The summed E-state index contributed by atoms with van der Waals surface area (Å²) in [6.45, 7) is 2.96. The largest absolute Gasteiger partial charge is 0.355 e. The third-order valence-electron chi connectivity index (χ3n) is 4.24. The molecule has 0 unspecified atom stereocenters. The summed E-state index contributed by atoms with van der Waals surface area (Å²) < 4.78 is 1.87. The lowest BCUT2D eigenvalue weighted by molar-refractivity contribution is -0.123. The molecule has 0 aliphatic carbocycles. The number of benzene rings is 2. The van der Waals surface area contributed by atoms with Gasteiger partial charge in [-0.15, -0.1) is 0 Å². The van der Waals surface area contributed by atoms with Crippen LogP contribution in [-0.2, 0) is 16.1 Å². The lowest BCUT2D eigenvalue weighted by Crippen LogP contribution is -2.35. The number of nitrogens with one attached hydrogen (secondary N) is 2. The fourth-order valence-electron chi connectivity index (χ4n) is 2.88. The Kier molecular flexibility index (Phi) is 6.95. The second-order valence-electron chi connectivity index (χ2n) is 6.49. The average molecular weight is 388 g/mol. The van der Waals surface area contributed by atoms with Crippen molar-refractivity contribution in [2.75, 3.05) is 13.1 Å². The quantitative estimate of drug-likeness (QED) is 0.583. The van der Waals surface area contributed by atoms with Gasteiger partial charge in [0.1, 0.15) is 0 Å². The van der Waals surface area contributed by atoms with E-state index in [1.807, 2.05) is 78.5 Å². The molecule has 29 heavy (non-hydrogen) atoms. The minimum absolute atomic E-state index is 0.0458. The molecule has 0 spiro atoms. The minimum Gasteiger partial charge on any atom is -0.355 e. The van der Waals surface area contributed by atoms with E-state index in [0.717, 1.165) is 22.4 Å². The molecule has 0 saturated carbocycles. The molecule has 3 rings (SSSR count). The number of nitrogens with zero attached hydrogens (tertiary/aromatic N) is 2. The fourth-order valence-corrected chi connectivity index (χ4v) is 2.88. The Bertz CT molecular complexity index is 979. The smallest absolute Gasteiger partial charge is 0.244 e. The summed E-state index contributed by atoms with van der Waals surface area (Å²) >= 11 is 0. The van der Waals surface area contributed by atoms with Gasteiger partial charge in [0.05, 0.1) is 18.8 Å². The molecule has 1 heterocycles. The Labute approximate surface area is 170 Å². The molecule has 3 aromatic rings. The summed E-state index contributed by atoms with van der Waals surface area (Å²) in [7, 11) is 0. The first kappa shape index (κ1) is 20.1. The molecule has 0 bridgehead atoms. The van der Waals surface area contributed by atoms with Gasteiger partial charge >= 0.3 is 0 Å². The molecule has 0 aliphatic heterocycles. The third-order valence-corrected chi connectivity index (χ3v) is 4.24. The van der Waals surface area contributed by atoms with Crippen LogP contribution in [0.4, 0.5) is 0 Å². The van der Waals surface area contributed by atoms with Crippen molar-refractivity contribution in [3.05, 3.63) is 84.1 Å². The van der Waals surface area contributed by atoms with E-state index in [4.69, 9.17) is 5.10 Å². The summed E-state index contributed by atoms with van der Waals surface area (Å²) in [5.74, 6) is -0.541. The highest BCUT2D eigenvalue weighted by Gasteiger charge is 2.10. The van der Waals surface area contributed by atoms with Crippen molar-refractivity contribution in [2.45, 2.75) is 13.5 Å². The Balaban J connectivity index is 1.78. The molecule has 0 saturated heterocycles. The number of carbonyl (C=O) groups excluding carboxylic acids is 2. The highest BCUT2D eigenvalue weighted by atomic mass is 16.2. The van der Waals surface area contributed by atoms with Gasteiger partial charge in [0.15, 0.2) is 0 Å². The maximum atomic E-state index is 12.1. The Morgan fingerprint density at radius 1 is 1.00 bits per heavy atom. The number of amides is 2. The molecule has 6 heteroatoms. The molecular weight excluding hydrogens is 364 g/mol. The van der Waals surface area contributed by atoms with Crippen molar-refractivity contribution in [2.24, 2.45) is 0 Å². The zero-order valence-corrected chi connectivity index (χ0v) is 16.3. The van der Waals surface area contributed by atoms with Crippen molar-refractivity contribution in [1.82, 2.24) is 20.4 Å². The lowest BCUT2D eigenvalue weighted by Gasteiger charge is -2.02. The number of rotatable bonds is 8. The van der Waals surface area contributed by atoms with Crippen LogP contribution < -0.4 is 10.6 Å². The van der Waals surface area contributed by atoms with Crippen LogP contribution in [0.15, 0.2) is 72.9 Å². The highest BCUT2D eigenvalue weighted by Crippen LogP contribution is 2.23. The topological polar surface area (TPSA) is 76.0 Å². The van der Waals surface area contributed by atoms with Gasteiger partial charge in [-0.3, -0.25) is 14.3 Å². The molecule has 0 atom stereocenters. The number of carbonyl (C=O) groups is 2. The van der Waals surface area contributed by atoms with E-state index in [1.54, 1.807) is 6.08 Å². The number of likely N-dealkylation sites (N-methyl/N-ethyl adjacent to an activating group) is 1. The maximum Gasteiger partial charge on any atom is 0.244 e. The van der Waals surface area contributed by atoms with Crippen molar-refractivity contribution < 1.29 is 9.59 Å². The van der Waals surface area contributed by atoms with Crippen LogP contribution in [0.1, 0.15) is 18.1 Å². The zero-order chi connectivity index (χ0) is 20.5. The first-order valence-electron chi connectivity index (χ1n) is 9.55. The van der Waals surface area contributed by atoms with E-state index < -0.39 is 0 Å². The Morgan fingerprint density at radius 3 is 2.38 bits per heavy atom. The molecule has 0 radical (unpaired) electrons. The van der Waals surface area contributed by atoms with Crippen molar-refractivity contribution in [3.8, 4) is 11.3 Å². The van der Waals surface area contributed by atoms with Crippen molar-refractivity contribution in [3.63, 3.8) is 0 Å². The number of hydrogen-bond acceptors (Lipinski definition) is 3. The Hall–Kier alpha value is -3.67. The predicted molar refractivity (Wildman–Crippen MR) is 114 cm³/mol. The van der Waals surface area contributed by atoms with Crippen LogP contribution >= 0.6 is 0 Å². The van der Waals surface area contributed by atoms with E-state index in [2.05, 4.69) is 10.6 Å². The monoisotopic (exact) mass is 388 g/mol. The SMILES string of the molecule is CCNC(=O)CNC(=O)/C=C/c1cn(Cc2ccccc2)nc1-c1ccccc1. The Morgan fingerprint density at radius 2 is 1.69 bits per heavy atom. The van der Waals surface area contributed by atoms with Crippen molar-refractivity contribution >= 4 is 17.9 Å². The van der Waals surface area contributed by atoms with Crippen LogP contribution in [0.2, 0.25) is 0 Å². The van der Waals surface area contributed by atoms with Crippen LogP contribution in [0.3, 0.4) is 0 Å². The summed E-state index contributed by atoms with van der Waals surface area (Å²) in [5, 5.41) is 9.94. The summed E-state index contributed by atoms with van der Waals surface area (Å²) in [6.07, 6.45) is 5.07. The van der Waals surface area contributed by atoms with Crippen LogP contribution in [0.5, 0.6) is 0 Å². The second kappa shape index (κ2) is 10.0. The first-order valence-corrected chi connectivity index (χ1v) is 9.55. The minimum atomic E-state index is -0.328. The molecule has 2 N–H and O–H groups in total. The molecule has 1 aromatic heterocycles. The average Bonchev–Trinajstić information content (AvgIpc) is 3.15. The van der Waals surface area contributed by atoms with Gasteiger partial charge in [-0.05, 0) is 18.6 Å². The van der Waals surface area contributed by atoms with Gasteiger partial charge in [0.25, 0.3) is 0 Å². The van der Waals surface area contributed by atoms with E-state index >= 15 is 0 Å². The predicted octanol–water partition coefficient (Wildman–Crippen LogP) is 2.86. The number of hydrogen-bond donors (Lipinski definition) is 2. The fraction of sp³-hybridized carbons (Fsp3) is 0.174. The van der Waals surface area contributed by atoms with Gasteiger partial charge in [-0.2, -0.15) is 5.10 Å². The third kappa shape index (κ3) is 5.90. The molecule has 2 amide bonds. The van der Waals surface area contributed by atoms with Gasteiger partial charge in [0, 0.05) is 29.9 Å². The zero-order valence-electron chi connectivity index (χ0n) is 16.3. The lowest BCUT2D eigenvalue weighted by atomic mass is 10.1. The molecule has 6 nitrogen and oxygen atoms in total. The molecule has 0 aliphatic rings. The highest BCUT2D eigenvalue weighted by molar-refractivity contribution is 5.95. The van der Waals surface area contributed by atoms with E-state index in [1.165, 1.54) is 6.08 Å². The standard InChI is InChI=1S/C23H24N4O2/c1-2-24-22(29)15-25-21(28)14-13-20-17-27(16-18-9-5-3-6-10-18)26-23(20)19-11-7-4-8-12-19/h3-14,17H,2,15-16H2,1H3,(H,24,29)(H,25,28)/b14-13+. The molecule has 0 fully saturated rings. The summed E-state index contributed by atoms with van der Waals surface area (Å²) in [5.41, 5.74) is 3.75. The van der Waals surface area contributed by atoms with Crippen LogP contribution in [0, 0.1) is 0 Å². The van der Waals surface area contributed by atoms with Crippen molar-refractivity contribution in [1.29, 1.82) is 0 Å². The first-order chi connectivity index (χ1) is 14.2. The van der Waals surface area contributed by atoms with E-state index in [9.17, 15) is 9.59 Å². The van der Waals surface area contributed by atoms with Gasteiger partial charge in [0.2, 0.25) is 11.8 Å². The van der Waals surface area contributed by atoms with Gasteiger partial charge in [-0.25, -0.2) is 0 Å². The molecule has 2 aromatic carbocycles. The normalized spacial score (nSPS) is 10.8. The van der Waals surface area contributed by atoms with Gasteiger partial charge < -0.3 is 10.6 Å². The van der Waals surface area contributed by atoms with E-state index in [-0.39, 0.29) is 18.4 Å². The summed E-state index contributed by atoms with van der Waals surface area (Å²) in [6, 6.07) is 19.9. The second-order valence-corrected chi connectivity index (χ2v) is 6.49. The molecule has 148 valence electrons. The van der Waals surface area contributed by atoms with E-state index in [0.29, 0.717) is 13.1 Å². The van der Waals surface area contributed by atoms with Gasteiger partial charge in [-0.1, -0.05) is 60.7 Å². The molecular formula is C23H24N4O2. The van der Waals surface area contributed by atoms with Crippen LogP contribution in [0.25, 0.3) is 17.3 Å².